The molecule has 0 unspecified atom stereocenters. The topological polar surface area (TPSA) is 0 Å². The van der Waals surface area contributed by atoms with Gasteiger partial charge in [0.15, 0.2) is 0 Å². The molecule has 0 N–H and O–H groups in total. The van der Waals surface area contributed by atoms with E-state index >= 15 is 0 Å². The maximum absolute atomic E-state index is 3.40. The van der Waals surface area contributed by atoms with Crippen molar-refractivity contribution in [1.82, 2.24) is 0 Å². The van der Waals surface area contributed by atoms with Crippen LogP contribution in [0.25, 0.3) is 33.0 Å². The van der Waals surface area contributed by atoms with E-state index < -0.39 is 0 Å². The van der Waals surface area contributed by atoms with Crippen LogP contribution in [0.15, 0.2) is 91.0 Å². The zero-order valence-electron chi connectivity index (χ0n) is 12.2. The summed E-state index contributed by atoms with van der Waals surface area (Å²) < 4.78 is 0. The molecule has 4 aromatic carbocycles. The van der Waals surface area contributed by atoms with Gasteiger partial charge in [-0.25, -0.2) is 0 Å². The maximum atomic E-state index is 3.40. The van der Waals surface area contributed by atoms with Crippen LogP contribution in [0.4, 0.5) is 0 Å². The van der Waals surface area contributed by atoms with Crippen LogP contribution in [-0.2, 0) is 0 Å². The highest BCUT2D eigenvalue weighted by molar-refractivity contribution is 5.87. The minimum Gasteiger partial charge on any atom is -0.0622 e. The molecular formula is C22H15. The molecule has 0 fully saturated rings. The van der Waals surface area contributed by atoms with E-state index in [0.717, 1.165) is 5.56 Å². The number of benzene rings is 4. The van der Waals surface area contributed by atoms with Crippen molar-refractivity contribution < 1.29 is 0 Å². The Morgan fingerprint density at radius 1 is 0.500 bits per heavy atom. The Morgan fingerprint density at radius 2 is 1.23 bits per heavy atom. The van der Waals surface area contributed by atoms with Crippen LogP contribution in [0.3, 0.4) is 0 Å². The summed E-state index contributed by atoms with van der Waals surface area (Å²) in [4.78, 5) is 0. The summed E-state index contributed by atoms with van der Waals surface area (Å²) in [7, 11) is 0. The Morgan fingerprint density at radius 3 is 2.00 bits per heavy atom. The Bertz CT molecular complexity index is 903. The molecule has 0 aliphatic carbocycles. The molecular weight excluding hydrogens is 264 g/mol. The van der Waals surface area contributed by atoms with Crippen LogP contribution in [0.5, 0.6) is 0 Å². The predicted molar refractivity (Wildman–Crippen MR) is 93.7 cm³/mol. The van der Waals surface area contributed by atoms with E-state index in [1.54, 1.807) is 0 Å². The van der Waals surface area contributed by atoms with Crippen molar-refractivity contribution in [2.24, 2.45) is 0 Å². The summed E-state index contributed by atoms with van der Waals surface area (Å²) >= 11 is 0. The van der Waals surface area contributed by atoms with Crippen molar-refractivity contribution in [1.29, 1.82) is 0 Å². The molecule has 0 atom stereocenters. The molecule has 0 aliphatic heterocycles. The second kappa shape index (κ2) is 5.50. The second-order valence-electron chi connectivity index (χ2n) is 5.42. The standard InChI is InChI=1S/C22H15/c1-2-6-17(7-3-1)19-10-12-20(13-11-19)22-15-14-18-8-4-5-9-21(18)16-22/h1-10,12-16H. The van der Waals surface area contributed by atoms with Crippen molar-refractivity contribution in [2.75, 3.05) is 0 Å². The molecule has 0 spiro atoms. The first-order valence-electron chi connectivity index (χ1n) is 7.46. The average Bonchev–Trinajstić information content (AvgIpc) is 2.62. The first-order chi connectivity index (χ1) is 10.9. The van der Waals surface area contributed by atoms with Crippen molar-refractivity contribution in [3.05, 3.63) is 97.1 Å². The van der Waals surface area contributed by atoms with Crippen molar-refractivity contribution in [3.8, 4) is 22.3 Å². The Balaban J connectivity index is 1.73. The van der Waals surface area contributed by atoms with Gasteiger partial charge in [0.1, 0.15) is 0 Å². The normalized spacial score (nSPS) is 10.7. The van der Waals surface area contributed by atoms with Crippen molar-refractivity contribution >= 4 is 10.8 Å². The Kier molecular flexibility index (Phi) is 3.21. The quantitative estimate of drug-likeness (QED) is 0.424. The van der Waals surface area contributed by atoms with Gasteiger partial charge < -0.3 is 0 Å². The maximum Gasteiger partial charge on any atom is -0.00928 e. The molecule has 0 nitrogen and oxygen atoms in total. The zero-order valence-corrected chi connectivity index (χ0v) is 12.2. The van der Waals surface area contributed by atoms with Crippen molar-refractivity contribution in [2.45, 2.75) is 0 Å². The second-order valence-corrected chi connectivity index (χ2v) is 5.42. The minimum absolute atomic E-state index is 1.13. The third kappa shape index (κ3) is 2.40. The number of hydrogen-bond acceptors (Lipinski definition) is 0. The number of hydrogen-bond donors (Lipinski definition) is 0. The zero-order chi connectivity index (χ0) is 14.8. The summed E-state index contributed by atoms with van der Waals surface area (Å²) in [5, 5.41) is 2.54. The van der Waals surface area contributed by atoms with Gasteiger partial charge in [0.2, 0.25) is 0 Å². The third-order valence-corrected chi connectivity index (χ3v) is 3.98. The van der Waals surface area contributed by atoms with Crippen LogP contribution in [0.2, 0.25) is 0 Å². The fourth-order valence-electron chi connectivity index (χ4n) is 2.77. The highest BCUT2D eigenvalue weighted by Crippen LogP contribution is 2.26. The van der Waals surface area contributed by atoms with E-state index in [1.807, 2.05) is 6.07 Å². The van der Waals surface area contributed by atoms with Crippen LogP contribution in [0, 0.1) is 6.07 Å². The van der Waals surface area contributed by atoms with E-state index in [-0.39, 0.29) is 0 Å². The molecule has 0 heteroatoms. The molecule has 4 rings (SSSR count). The summed E-state index contributed by atoms with van der Waals surface area (Å²) in [5.41, 5.74) is 4.76. The summed E-state index contributed by atoms with van der Waals surface area (Å²) in [6, 6.07) is 35.2. The molecule has 0 amide bonds. The molecule has 0 aromatic heterocycles. The first kappa shape index (κ1) is 12.8. The van der Waals surface area contributed by atoms with Gasteiger partial charge in [0.05, 0.1) is 0 Å². The van der Waals surface area contributed by atoms with E-state index in [2.05, 4.69) is 91.0 Å². The summed E-state index contributed by atoms with van der Waals surface area (Å²) in [5.74, 6) is 0. The SMILES string of the molecule is [c]1cc(-c2ccc3ccccc3c2)ccc1-c1ccccc1. The Hall–Kier alpha value is -2.86. The van der Waals surface area contributed by atoms with E-state index in [9.17, 15) is 0 Å². The fraction of sp³-hybridized carbons (Fsp3) is 0. The van der Waals surface area contributed by atoms with Gasteiger partial charge in [-0.05, 0) is 51.2 Å². The summed E-state index contributed by atoms with van der Waals surface area (Å²) in [6.07, 6.45) is 0. The monoisotopic (exact) mass is 279 g/mol. The van der Waals surface area contributed by atoms with Crippen molar-refractivity contribution in [3.63, 3.8) is 0 Å². The van der Waals surface area contributed by atoms with E-state index in [1.165, 1.54) is 27.5 Å². The van der Waals surface area contributed by atoms with Gasteiger partial charge in [-0.3, -0.25) is 0 Å². The van der Waals surface area contributed by atoms with Gasteiger partial charge in [0.25, 0.3) is 0 Å². The lowest BCUT2D eigenvalue weighted by molar-refractivity contribution is 1.59. The molecule has 0 saturated heterocycles. The van der Waals surface area contributed by atoms with Gasteiger partial charge >= 0.3 is 0 Å². The lowest BCUT2D eigenvalue weighted by Crippen LogP contribution is -1.81. The van der Waals surface area contributed by atoms with Gasteiger partial charge in [-0.2, -0.15) is 0 Å². The molecule has 0 heterocycles. The summed E-state index contributed by atoms with van der Waals surface area (Å²) in [6.45, 7) is 0. The lowest BCUT2D eigenvalue weighted by atomic mass is 9.98. The molecule has 0 bridgehead atoms. The third-order valence-electron chi connectivity index (χ3n) is 3.98. The first-order valence-corrected chi connectivity index (χ1v) is 7.46. The van der Waals surface area contributed by atoms with E-state index in [0.29, 0.717) is 0 Å². The molecule has 0 aliphatic rings. The fourth-order valence-corrected chi connectivity index (χ4v) is 2.77. The average molecular weight is 279 g/mol. The van der Waals surface area contributed by atoms with E-state index in [4.69, 9.17) is 0 Å². The van der Waals surface area contributed by atoms with Crippen LogP contribution < -0.4 is 0 Å². The van der Waals surface area contributed by atoms with Crippen LogP contribution >= 0.6 is 0 Å². The van der Waals surface area contributed by atoms with Gasteiger partial charge in [-0.1, -0.05) is 78.9 Å². The molecule has 103 valence electrons. The highest BCUT2D eigenvalue weighted by atomic mass is 14.1. The minimum atomic E-state index is 1.13. The van der Waals surface area contributed by atoms with Gasteiger partial charge in [0, 0.05) is 0 Å². The van der Waals surface area contributed by atoms with Gasteiger partial charge in [-0.15, -0.1) is 0 Å². The number of fused-ring (bicyclic) bond motifs is 1. The Labute approximate surface area is 130 Å². The number of rotatable bonds is 2. The van der Waals surface area contributed by atoms with Crippen LogP contribution in [-0.4, -0.2) is 0 Å². The van der Waals surface area contributed by atoms with Crippen LogP contribution in [0.1, 0.15) is 0 Å². The molecule has 0 saturated carbocycles. The lowest BCUT2D eigenvalue weighted by Gasteiger charge is -2.06. The molecule has 1 radical (unpaired) electrons. The molecule has 22 heavy (non-hydrogen) atoms. The largest absolute Gasteiger partial charge is 0.0622 e. The smallest absolute Gasteiger partial charge is 0.00928 e. The molecule has 4 aromatic rings. The predicted octanol–water partition coefficient (Wildman–Crippen LogP) is 5.97. The highest BCUT2D eigenvalue weighted by Gasteiger charge is 2.01.